The molecule has 0 aromatic heterocycles. The molecule has 0 amide bonds. The molecule has 0 fully saturated rings. The first-order valence-corrected chi connectivity index (χ1v) is 3.54. The van der Waals surface area contributed by atoms with Crippen molar-refractivity contribution in [2.45, 2.75) is 0 Å². The molecule has 0 aliphatic heterocycles. The average molecular weight is 192 g/mol. The summed E-state index contributed by atoms with van der Waals surface area (Å²) in [7, 11) is 5.96. The van der Waals surface area contributed by atoms with Crippen LogP contribution < -0.4 is 0 Å². The fourth-order valence-electron chi connectivity index (χ4n) is 0.352. The molecule has 10 heavy (non-hydrogen) atoms. The van der Waals surface area contributed by atoms with Gasteiger partial charge in [0.25, 0.3) is 0 Å². The van der Waals surface area contributed by atoms with Gasteiger partial charge in [0.2, 0.25) is 0 Å². The third-order valence-electron chi connectivity index (χ3n) is 0.906. The molecule has 0 spiro atoms. The fraction of sp³-hybridized carbons (Fsp3) is 1.00. The first-order chi connectivity index (χ1) is 4.06. The van der Waals surface area contributed by atoms with Gasteiger partial charge in [0.05, 0.1) is 21.1 Å². The minimum absolute atomic E-state index is 0. The molecule has 0 radical (unpaired) electrons. The Morgan fingerprint density at radius 2 is 1.90 bits per heavy atom. The molecule has 0 heterocycles. The molecule has 0 saturated heterocycles. The normalized spacial score (nSPS) is 11.1. The molecule has 0 saturated carbocycles. The topological polar surface area (TPSA) is 26.3 Å². The van der Waals surface area contributed by atoms with E-state index in [0.717, 1.165) is 11.0 Å². The predicted molar refractivity (Wildman–Crippen MR) is 45.0 cm³/mol. The summed E-state index contributed by atoms with van der Waals surface area (Å²) < 4.78 is 15.2. The van der Waals surface area contributed by atoms with Gasteiger partial charge >= 0.3 is 46.4 Å². The van der Waals surface area contributed by atoms with Crippen LogP contribution in [0.4, 0.5) is 0 Å². The van der Waals surface area contributed by atoms with Crippen molar-refractivity contribution in [2.24, 2.45) is 0 Å². The first kappa shape index (κ1) is 13.8. The molecule has 0 unspecified atom stereocenters. The summed E-state index contributed by atoms with van der Waals surface area (Å²) in [5.41, 5.74) is 0. The predicted octanol–water partition coefficient (Wildman–Crippen LogP) is -0.000300. The second-order valence-corrected chi connectivity index (χ2v) is 3.33. The zero-order valence-electron chi connectivity index (χ0n) is 6.13. The third-order valence-corrected chi connectivity index (χ3v) is 1.19. The van der Waals surface area contributed by atoms with Gasteiger partial charge in [0.15, 0.2) is 0 Å². The van der Waals surface area contributed by atoms with E-state index in [4.69, 9.17) is 0 Å². The van der Waals surface area contributed by atoms with E-state index in [-0.39, 0.29) is 46.4 Å². The summed E-state index contributed by atoms with van der Waals surface area (Å²) >= 11 is 0. The number of nitrogens with zero attached hydrogens (tertiary/aromatic N) is 1. The molecule has 0 N–H and O–H groups in total. The van der Waals surface area contributed by atoms with Crippen molar-refractivity contribution in [2.75, 3.05) is 34.3 Å². The second-order valence-electron chi connectivity index (χ2n) is 2.92. The summed E-state index contributed by atoms with van der Waals surface area (Å²) in [6, 6.07) is 0. The number of hydrogen-bond donors (Lipinski definition) is 0. The van der Waals surface area contributed by atoms with E-state index >= 15 is 0 Å². The molecule has 5 heteroatoms. The Morgan fingerprint density at radius 1 is 1.40 bits per heavy atom. The van der Waals surface area contributed by atoms with Crippen molar-refractivity contribution >= 4 is 46.4 Å². The van der Waals surface area contributed by atoms with Crippen LogP contribution in [0.5, 0.6) is 0 Å². The Labute approximate surface area is 93.6 Å². The molecule has 0 aliphatic rings. The van der Waals surface area contributed by atoms with Gasteiger partial charge in [-0.1, -0.05) is 0 Å². The molecule has 0 rings (SSSR count). The second kappa shape index (κ2) is 6.96. The van der Waals surface area contributed by atoms with E-state index in [1.54, 1.807) is 0 Å². The Bertz CT molecular complexity index is 94.1. The summed E-state index contributed by atoms with van der Waals surface area (Å²) in [6.45, 7) is 1.43. The van der Waals surface area contributed by atoms with E-state index in [2.05, 4.69) is 25.7 Å². The van der Waals surface area contributed by atoms with Crippen LogP contribution in [0.25, 0.3) is 0 Å². The van der Waals surface area contributed by atoms with Crippen molar-refractivity contribution in [1.82, 2.24) is 0 Å². The van der Waals surface area contributed by atoms with Crippen LogP contribution in [0.1, 0.15) is 0 Å². The molecule has 0 aromatic carbocycles. The van der Waals surface area contributed by atoms with Crippen molar-refractivity contribution in [3.8, 4) is 0 Å². The van der Waals surface area contributed by atoms with E-state index in [1.807, 2.05) is 0 Å². The van der Waals surface area contributed by atoms with Crippen molar-refractivity contribution < 1.29 is 13.6 Å². The van der Waals surface area contributed by atoms with E-state index < -0.39 is 0 Å². The number of rotatable bonds is 4. The van der Waals surface area contributed by atoms with Gasteiger partial charge in [0, 0.05) is 0 Å². The van der Waals surface area contributed by atoms with Crippen LogP contribution in [0, 0.1) is 0 Å². The molecule has 58 valence electrons. The van der Waals surface area contributed by atoms with Crippen LogP contribution in [-0.4, -0.2) is 76.5 Å². The first-order valence-electron chi connectivity index (χ1n) is 2.81. The zero-order chi connectivity index (χ0) is 7.33. The quantitative estimate of drug-likeness (QED) is 0.271. The van der Waals surface area contributed by atoms with Crippen molar-refractivity contribution in [1.29, 1.82) is 0 Å². The minimum atomic E-state index is -0.217. The standard InChI is InChI=1S/C5H13NO2P.Ca.2H/c1-6(2,3)4-5-8-9-7;;;/h4-5H2,1-3H3;;;/q+1;;;. The molecule has 0 aromatic rings. The SMILES string of the molecule is C[N+](C)(C)CCOP=O.[CaH2]. The Morgan fingerprint density at radius 3 is 2.20 bits per heavy atom. The van der Waals surface area contributed by atoms with Crippen LogP contribution in [0.3, 0.4) is 0 Å². The van der Waals surface area contributed by atoms with Crippen LogP contribution in [0.2, 0.25) is 0 Å². The van der Waals surface area contributed by atoms with E-state index in [9.17, 15) is 4.57 Å². The number of quaternary nitrogens is 1. The summed E-state index contributed by atoms with van der Waals surface area (Å²) in [4.78, 5) is 0. The fourth-order valence-corrected chi connectivity index (χ4v) is 0.508. The summed E-state index contributed by atoms with van der Waals surface area (Å²) in [6.07, 6.45) is 0. The van der Waals surface area contributed by atoms with Gasteiger partial charge in [-0.05, 0) is 0 Å². The molecule has 0 aliphatic carbocycles. The zero-order valence-corrected chi connectivity index (χ0v) is 7.02. The summed E-state index contributed by atoms with van der Waals surface area (Å²) in [5.74, 6) is 0. The Kier molecular flexibility index (Phi) is 9.63. The van der Waals surface area contributed by atoms with Gasteiger partial charge < -0.3 is 4.48 Å². The molecule has 3 nitrogen and oxygen atoms in total. The van der Waals surface area contributed by atoms with Gasteiger partial charge in [-0.15, -0.1) is 0 Å². The Hall–Kier alpha value is 1.28. The maximum absolute atomic E-state index is 9.76. The van der Waals surface area contributed by atoms with Gasteiger partial charge in [-0.2, -0.15) is 0 Å². The number of likely N-dealkylation sites (N-methyl/N-ethyl adjacent to an activating group) is 1. The van der Waals surface area contributed by atoms with Gasteiger partial charge in [-0.25, -0.2) is 4.57 Å². The average Bonchev–Trinajstić information content (AvgIpc) is 1.63. The van der Waals surface area contributed by atoms with Crippen molar-refractivity contribution in [3.63, 3.8) is 0 Å². The Balaban J connectivity index is 0. The molecular formula is C5H15CaNO2P+. The summed E-state index contributed by atoms with van der Waals surface area (Å²) in [5, 5.41) is 0. The molecular weight excluding hydrogens is 177 g/mol. The van der Waals surface area contributed by atoms with Gasteiger partial charge in [0.1, 0.15) is 13.2 Å². The van der Waals surface area contributed by atoms with E-state index in [0.29, 0.717) is 6.61 Å². The molecule has 0 bridgehead atoms. The molecule has 0 atom stereocenters. The third kappa shape index (κ3) is 12.0. The van der Waals surface area contributed by atoms with Crippen LogP contribution in [-0.2, 0) is 9.09 Å². The van der Waals surface area contributed by atoms with Gasteiger partial charge in [-0.3, -0.25) is 4.52 Å². The van der Waals surface area contributed by atoms with Crippen LogP contribution in [0.15, 0.2) is 0 Å². The van der Waals surface area contributed by atoms with E-state index in [1.165, 1.54) is 0 Å². The maximum atomic E-state index is 9.76. The van der Waals surface area contributed by atoms with Crippen LogP contribution >= 0.6 is 8.69 Å². The monoisotopic (exact) mass is 192 g/mol. The van der Waals surface area contributed by atoms with Crippen molar-refractivity contribution in [3.05, 3.63) is 0 Å². The number of hydrogen-bond acceptors (Lipinski definition) is 2.